The predicted octanol–water partition coefficient (Wildman–Crippen LogP) is 4.61. The van der Waals surface area contributed by atoms with Crippen LogP contribution in [-0.2, 0) is 6.42 Å². The molecule has 0 bridgehead atoms. The standard InChI is InChI=1S/C17H26ClN/c1-12-4-7-14(8-5-12)17(19-3)11-15-9-6-13(2)10-16(15)18/h6,9-10,12,14,17,19H,4-5,7-8,11H2,1-3H3. The van der Waals surface area contributed by atoms with Crippen molar-refractivity contribution >= 4 is 11.6 Å². The molecule has 0 heterocycles. The quantitative estimate of drug-likeness (QED) is 0.849. The molecule has 1 fully saturated rings. The van der Waals surface area contributed by atoms with E-state index in [9.17, 15) is 0 Å². The van der Waals surface area contributed by atoms with Gasteiger partial charge in [-0.2, -0.15) is 0 Å². The fourth-order valence-corrected chi connectivity index (χ4v) is 3.56. The molecular formula is C17H26ClN. The zero-order chi connectivity index (χ0) is 13.8. The van der Waals surface area contributed by atoms with Crippen LogP contribution in [0.15, 0.2) is 18.2 Å². The average Bonchev–Trinajstić information content (AvgIpc) is 2.39. The van der Waals surface area contributed by atoms with E-state index >= 15 is 0 Å². The van der Waals surface area contributed by atoms with Gasteiger partial charge in [0.05, 0.1) is 0 Å². The molecule has 1 aromatic rings. The van der Waals surface area contributed by atoms with Crippen molar-refractivity contribution in [1.29, 1.82) is 0 Å². The maximum absolute atomic E-state index is 6.36. The highest BCUT2D eigenvalue weighted by atomic mass is 35.5. The van der Waals surface area contributed by atoms with E-state index in [4.69, 9.17) is 11.6 Å². The molecule has 0 aromatic heterocycles. The predicted molar refractivity (Wildman–Crippen MR) is 83.9 cm³/mol. The molecular weight excluding hydrogens is 254 g/mol. The minimum atomic E-state index is 0.563. The highest BCUT2D eigenvalue weighted by Gasteiger charge is 2.25. The first-order valence-electron chi connectivity index (χ1n) is 7.52. The Balaban J connectivity index is 2.02. The minimum Gasteiger partial charge on any atom is -0.316 e. The summed E-state index contributed by atoms with van der Waals surface area (Å²) in [5.41, 5.74) is 2.52. The van der Waals surface area contributed by atoms with E-state index in [2.05, 4.69) is 44.4 Å². The Morgan fingerprint density at radius 2 is 1.95 bits per heavy atom. The lowest BCUT2D eigenvalue weighted by Crippen LogP contribution is -2.37. The summed E-state index contributed by atoms with van der Waals surface area (Å²) in [5, 5.41) is 4.44. The highest BCUT2D eigenvalue weighted by molar-refractivity contribution is 6.31. The van der Waals surface area contributed by atoms with Crippen LogP contribution in [-0.4, -0.2) is 13.1 Å². The molecule has 1 aromatic carbocycles. The van der Waals surface area contributed by atoms with Crippen molar-refractivity contribution < 1.29 is 0 Å². The molecule has 0 aliphatic heterocycles. The SMILES string of the molecule is CNC(Cc1ccc(C)cc1Cl)C1CCC(C)CC1. The summed E-state index contributed by atoms with van der Waals surface area (Å²) in [6.45, 7) is 4.47. The molecule has 0 amide bonds. The topological polar surface area (TPSA) is 12.0 Å². The van der Waals surface area contributed by atoms with Crippen LogP contribution < -0.4 is 5.32 Å². The van der Waals surface area contributed by atoms with Crippen molar-refractivity contribution in [2.75, 3.05) is 7.05 Å². The Bertz CT molecular complexity index is 408. The molecule has 1 unspecified atom stereocenters. The second-order valence-corrected chi connectivity index (χ2v) is 6.62. The number of halogens is 1. The van der Waals surface area contributed by atoms with E-state index in [0.29, 0.717) is 6.04 Å². The Hall–Kier alpha value is -0.530. The van der Waals surface area contributed by atoms with Crippen LogP contribution in [0.2, 0.25) is 5.02 Å². The van der Waals surface area contributed by atoms with Gasteiger partial charge >= 0.3 is 0 Å². The third-order valence-electron chi connectivity index (χ3n) is 4.65. The van der Waals surface area contributed by atoms with E-state index in [1.165, 1.54) is 36.8 Å². The van der Waals surface area contributed by atoms with Crippen LogP contribution in [0.3, 0.4) is 0 Å². The number of benzene rings is 1. The van der Waals surface area contributed by atoms with Crippen molar-refractivity contribution in [3.8, 4) is 0 Å². The number of likely N-dealkylation sites (N-methyl/N-ethyl adjacent to an activating group) is 1. The monoisotopic (exact) mass is 279 g/mol. The summed E-state index contributed by atoms with van der Waals surface area (Å²) in [4.78, 5) is 0. The fourth-order valence-electron chi connectivity index (χ4n) is 3.25. The summed E-state index contributed by atoms with van der Waals surface area (Å²) >= 11 is 6.36. The van der Waals surface area contributed by atoms with E-state index in [1.54, 1.807) is 0 Å². The van der Waals surface area contributed by atoms with Gasteiger partial charge in [-0.15, -0.1) is 0 Å². The van der Waals surface area contributed by atoms with Crippen LogP contribution >= 0.6 is 11.6 Å². The molecule has 0 saturated heterocycles. The first kappa shape index (κ1) is 14.9. The second kappa shape index (κ2) is 6.76. The van der Waals surface area contributed by atoms with E-state index in [-0.39, 0.29) is 0 Å². The number of hydrogen-bond donors (Lipinski definition) is 1. The minimum absolute atomic E-state index is 0.563. The highest BCUT2D eigenvalue weighted by Crippen LogP contribution is 2.32. The van der Waals surface area contributed by atoms with Gasteiger partial charge in [0.15, 0.2) is 0 Å². The lowest BCUT2D eigenvalue weighted by atomic mass is 9.77. The van der Waals surface area contributed by atoms with Crippen LogP contribution in [0, 0.1) is 18.8 Å². The number of aryl methyl sites for hydroxylation is 1. The van der Waals surface area contributed by atoms with Crippen LogP contribution in [0.4, 0.5) is 0 Å². The largest absolute Gasteiger partial charge is 0.316 e. The maximum atomic E-state index is 6.36. The first-order chi connectivity index (χ1) is 9.10. The molecule has 1 aliphatic rings. The van der Waals surface area contributed by atoms with E-state index in [1.807, 2.05) is 0 Å². The maximum Gasteiger partial charge on any atom is 0.0441 e. The zero-order valence-corrected chi connectivity index (χ0v) is 13.1. The summed E-state index contributed by atoms with van der Waals surface area (Å²) in [5.74, 6) is 1.72. The molecule has 19 heavy (non-hydrogen) atoms. The lowest BCUT2D eigenvalue weighted by molar-refractivity contribution is 0.235. The molecule has 2 rings (SSSR count). The number of nitrogens with one attached hydrogen (secondary N) is 1. The van der Waals surface area contributed by atoms with Gasteiger partial charge in [-0.1, -0.05) is 43.5 Å². The van der Waals surface area contributed by atoms with Gasteiger partial charge < -0.3 is 5.32 Å². The van der Waals surface area contributed by atoms with Gasteiger partial charge in [0, 0.05) is 11.1 Å². The smallest absolute Gasteiger partial charge is 0.0441 e. The van der Waals surface area contributed by atoms with Crippen molar-refractivity contribution in [2.45, 2.75) is 52.0 Å². The summed E-state index contributed by atoms with van der Waals surface area (Å²) in [6, 6.07) is 6.99. The van der Waals surface area contributed by atoms with Crippen LogP contribution in [0.25, 0.3) is 0 Å². The third kappa shape index (κ3) is 3.97. The van der Waals surface area contributed by atoms with Crippen molar-refractivity contribution in [1.82, 2.24) is 5.32 Å². The summed E-state index contributed by atoms with van der Waals surface area (Å²) in [7, 11) is 2.09. The normalized spacial score (nSPS) is 25.3. The Labute approximate surface area is 122 Å². The fraction of sp³-hybridized carbons (Fsp3) is 0.647. The van der Waals surface area contributed by atoms with Crippen molar-refractivity contribution in [2.24, 2.45) is 11.8 Å². The molecule has 0 radical (unpaired) electrons. The number of rotatable bonds is 4. The molecule has 0 spiro atoms. The average molecular weight is 280 g/mol. The summed E-state index contributed by atoms with van der Waals surface area (Å²) in [6.07, 6.45) is 6.52. The van der Waals surface area contributed by atoms with Crippen molar-refractivity contribution in [3.05, 3.63) is 34.3 Å². The molecule has 1 atom stereocenters. The van der Waals surface area contributed by atoms with Gasteiger partial charge in [0.1, 0.15) is 0 Å². The molecule has 1 nitrogen and oxygen atoms in total. The number of hydrogen-bond acceptors (Lipinski definition) is 1. The Kier molecular flexibility index (Phi) is 5.29. The Morgan fingerprint density at radius 1 is 1.26 bits per heavy atom. The molecule has 1 saturated carbocycles. The van der Waals surface area contributed by atoms with Gasteiger partial charge in [-0.25, -0.2) is 0 Å². The van der Waals surface area contributed by atoms with Crippen LogP contribution in [0.1, 0.15) is 43.7 Å². The molecule has 106 valence electrons. The zero-order valence-electron chi connectivity index (χ0n) is 12.4. The Morgan fingerprint density at radius 3 is 2.53 bits per heavy atom. The third-order valence-corrected chi connectivity index (χ3v) is 5.00. The van der Waals surface area contributed by atoms with E-state index in [0.717, 1.165) is 23.3 Å². The van der Waals surface area contributed by atoms with Gasteiger partial charge in [0.2, 0.25) is 0 Å². The van der Waals surface area contributed by atoms with Gasteiger partial charge in [-0.05, 0) is 62.3 Å². The lowest BCUT2D eigenvalue weighted by Gasteiger charge is -2.33. The first-order valence-corrected chi connectivity index (χ1v) is 7.90. The van der Waals surface area contributed by atoms with Crippen LogP contribution in [0.5, 0.6) is 0 Å². The molecule has 1 N–H and O–H groups in total. The van der Waals surface area contributed by atoms with Gasteiger partial charge in [-0.3, -0.25) is 0 Å². The molecule has 2 heteroatoms. The van der Waals surface area contributed by atoms with Crippen molar-refractivity contribution in [3.63, 3.8) is 0 Å². The molecule has 1 aliphatic carbocycles. The second-order valence-electron chi connectivity index (χ2n) is 6.21. The van der Waals surface area contributed by atoms with Gasteiger partial charge in [0.25, 0.3) is 0 Å². The van der Waals surface area contributed by atoms with E-state index < -0.39 is 0 Å². The summed E-state index contributed by atoms with van der Waals surface area (Å²) < 4.78 is 0.